The van der Waals surface area contributed by atoms with Gasteiger partial charge in [-0.2, -0.15) is 0 Å². The van der Waals surface area contributed by atoms with Crippen LogP contribution in [0.25, 0.3) is 0 Å². The predicted octanol–water partition coefficient (Wildman–Crippen LogP) is 0.995. The van der Waals surface area contributed by atoms with E-state index in [1.165, 1.54) is 24.3 Å². The summed E-state index contributed by atoms with van der Waals surface area (Å²) in [7, 11) is 0. The van der Waals surface area contributed by atoms with Crippen molar-refractivity contribution in [2.24, 2.45) is 5.73 Å². The molecule has 1 amide bonds. The minimum absolute atomic E-state index is 0.161. The molecule has 0 heterocycles. The van der Waals surface area contributed by atoms with Crippen LogP contribution in [0.2, 0.25) is 0 Å². The zero-order valence-corrected chi connectivity index (χ0v) is 11.4. The van der Waals surface area contributed by atoms with Crippen LogP contribution in [0.4, 0.5) is 0 Å². The molecule has 108 valence electrons. The molecule has 0 saturated heterocycles. The highest BCUT2D eigenvalue weighted by Gasteiger charge is 2.31. The quantitative estimate of drug-likeness (QED) is 0.619. The fraction of sp³-hybridized carbons (Fsp3) is 0.357. The molecule has 0 fully saturated rings. The van der Waals surface area contributed by atoms with Crippen LogP contribution in [0.1, 0.15) is 35.7 Å². The molecule has 0 radical (unpaired) electrons. The zero-order chi connectivity index (χ0) is 15.1. The first-order valence-corrected chi connectivity index (χ1v) is 6.24. The van der Waals surface area contributed by atoms with Crippen molar-refractivity contribution in [2.45, 2.75) is 19.8 Å². The number of hydrogen-bond donors (Lipinski definition) is 1. The molecule has 6 nitrogen and oxygen atoms in total. The number of hydrogen-bond acceptors (Lipinski definition) is 5. The first-order valence-electron chi connectivity index (χ1n) is 6.24. The molecule has 0 saturated carbocycles. The topological polar surface area (TPSA) is 95.7 Å². The Morgan fingerprint density at radius 3 is 1.80 bits per heavy atom. The van der Waals surface area contributed by atoms with E-state index in [2.05, 4.69) is 0 Å². The van der Waals surface area contributed by atoms with Gasteiger partial charge in [-0.25, -0.2) is 0 Å². The van der Waals surface area contributed by atoms with Gasteiger partial charge >= 0.3 is 11.9 Å². The van der Waals surface area contributed by atoms with Crippen LogP contribution in [0.3, 0.4) is 0 Å². The second-order valence-electron chi connectivity index (χ2n) is 3.92. The summed E-state index contributed by atoms with van der Waals surface area (Å²) >= 11 is 0. The molecule has 1 aromatic carbocycles. The van der Waals surface area contributed by atoms with Crippen molar-refractivity contribution >= 4 is 17.8 Å². The molecule has 1 aromatic rings. The number of ether oxygens (including phenoxy) is 2. The lowest BCUT2D eigenvalue weighted by molar-refractivity contribution is -0.156. The lowest BCUT2D eigenvalue weighted by Gasteiger charge is -2.14. The molecule has 0 atom stereocenters. The lowest BCUT2D eigenvalue weighted by Crippen LogP contribution is -2.26. The fourth-order valence-corrected chi connectivity index (χ4v) is 1.66. The van der Waals surface area contributed by atoms with Crippen LogP contribution in [0, 0.1) is 0 Å². The Labute approximate surface area is 116 Å². The molecule has 0 aliphatic heterocycles. The molecule has 0 unspecified atom stereocenters. The number of rotatable bonds is 6. The number of nitrogens with two attached hydrogens (primary N) is 1. The van der Waals surface area contributed by atoms with Crippen LogP contribution < -0.4 is 5.73 Å². The number of benzene rings is 1. The van der Waals surface area contributed by atoms with Crippen LogP contribution in [-0.4, -0.2) is 31.1 Å². The van der Waals surface area contributed by atoms with Gasteiger partial charge in [-0.3, -0.25) is 14.4 Å². The minimum atomic E-state index is -1.16. The van der Waals surface area contributed by atoms with Gasteiger partial charge in [-0.15, -0.1) is 0 Å². The smallest absolute Gasteiger partial charge is 0.324 e. The SMILES string of the molecule is CCOC(=O)C(C(=O)OCC)c1ccc(C(N)=O)cc1. The summed E-state index contributed by atoms with van der Waals surface area (Å²) in [5.41, 5.74) is 5.82. The van der Waals surface area contributed by atoms with Gasteiger partial charge in [0, 0.05) is 5.56 Å². The Kier molecular flexibility index (Phi) is 5.71. The molecule has 6 heteroatoms. The molecule has 0 bridgehead atoms. The third-order valence-corrected chi connectivity index (χ3v) is 2.57. The molecular weight excluding hydrogens is 262 g/mol. The number of carbonyl (C=O) groups is 3. The second kappa shape index (κ2) is 7.28. The van der Waals surface area contributed by atoms with Crippen molar-refractivity contribution in [1.82, 2.24) is 0 Å². The fourth-order valence-electron chi connectivity index (χ4n) is 1.66. The van der Waals surface area contributed by atoms with Gasteiger partial charge in [0.2, 0.25) is 5.91 Å². The average molecular weight is 279 g/mol. The maximum absolute atomic E-state index is 11.9. The summed E-state index contributed by atoms with van der Waals surface area (Å²) in [4.78, 5) is 34.7. The molecule has 0 aliphatic rings. The van der Waals surface area contributed by atoms with Crippen LogP contribution in [-0.2, 0) is 19.1 Å². The molecule has 0 aromatic heterocycles. The maximum Gasteiger partial charge on any atom is 0.324 e. The summed E-state index contributed by atoms with van der Waals surface area (Å²) in [5, 5.41) is 0. The zero-order valence-electron chi connectivity index (χ0n) is 11.4. The largest absolute Gasteiger partial charge is 0.465 e. The first kappa shape index (κ1) is 15.7. The van der Waals surface area contributed by atoms with E-state index in [1.807, 2.05) is 0 Å². The van der Waals surface area contributed by atoms with Gasteiger partial charge in [-0.1, -0.05) is 12.1 Å². The Balaban J connectivity index is 3.06. The second-order valence-corrected chi connectivity index (χ2v) is 3.92. The van der Waals surface area contributed by atoms with E-state index in [-0.39, 0.29) is 13.2 Å². The molecule has 0 spiro atoms. The summed E-state index contributed by atoms with van der Waals surface area (Å²) in [6.45, 7) is 3.62. The van der Waals surface area contributed by atoms with E-state index in [0.29, 0.717) is 11.1 Å². The molecule has 0 aliphatic carbocycles. The van der Waals surface area contributed by atoms with Gasteiger partial charge in [0.15, 0.2) is 5.92 Å². The normalized spacial score (nSPS) is 10.2. The number of amides is 1. The monoisotopic (exact) mass is 279 g/mol. The minimum Gasteiger partial charge on any atom is -0.465 e. The Bertz CT molecular complexity index is 477. The summed E-state index contributed by atoms with van der Waals surface area (Å²) in [5.74, 6) is -3.10. The Morgan fingerprint density at radius 2 is 1.45 bits per heavy atom. The van der Waals surface area contributed by atoms with E-state index in [1.54, 1.807) is 13.8 Å². The van der Waals surface area contributed by atoms with E-state index in [9.17, 15) is 14.4 Å². The highest BCUT2D eigenvalue weighted by Crippen LogP contribution is 2.20. The van der Waals surface area contributed by atoms with Gasteiger partial charge in [0.25, 0.3) is 0 Å². The summed E-state index contributed by atoms with van der Waals surface area (Å²) in [6, 6.07) is 5.86. The third-order valence-electron chi connectivity index (χ3n) is 2.57. The van der Waals surface area contributed by atoms with Gasteiger partial charge in [-0.05, 0) is 31.5 Å². The number of esters is 2. The van der Waals surface area contributed by atoms with E-state index in [0.717, 1.165) is 0 Å². The van der Waals surface area contributed by atoms with E-state index >= 15 is 0 Å². The van der Waals surface area contributed by atoms with Crippen molar-refractivity contribution < 1.29 is 23.9 Å². The van der Waals surface area contributed by atoms with Crippen molar-refractivity contribution in [1.29, 1.82) is 0 Å². The third kappa shape index (κ3) is 3.81. The summed E-state index contributed by atoms with van der Waals surface area (Å²) in [6.07, 6.45) is 0. The lowest BCUT2D eigenvalue weighted by atomic mass is 9.98. The molecule has 1 rings (SSSR count). The Hall–Kier alpha value is -2.37. The van der Waals surface area contributed by atoms with Gasteiger partial charge in [0.1, 0.15) is 0 Å². The van der Waals surface area contributed by atoms with Crippen molar-refractivity contribution in [2.75, 3.05) is 13.2 Å². The first-order chi connectivity index (χ1) is 9.51. The van der Waals surface area contributed by atoms with Gasteiger partial charge < -0.3 is 15.2 Å². The van der Waals surface area contributed by atoms with Crippen molar-refractivity contribution in [3.63, 3.8) is 0 Å². The molecule has 20 heavy (non-hydrogen) atoms. The highest BCUT2D eigenvalue weighted by atomic mass is 16.6. The van der Waals surface area contributed by atoms with E-state index in [4.69, 9.17) is 15.2 Å². The van der Waals surface area contributed by atoms with E-state index < -0.39 is 23.8 Å². The standard InChI is InChI=1S/C14H17NO5/c1-3-19-13(17)11(14(18)20-4-2)9-5-7-10(8-6-9)12(15)16/h5-8,11H,3-4H2,1-2H3,(H2,15,16). The van der Waals surface area contributed by atoms with Crippen LogP contribution in [0.15, 0.2) is 24.3 Å². The molecule has 2 N–H and O–H groups in total. The van der Waals surface area contributed by atoms with Gasteiger partial charge in [0.05, 0.1) is 13.2 Å². The predicted molar refractivity (Wildman–Crippen MR) is 71.0 cm³/mol. The summed E-state index contributed by atoms with van der Waals surface area (Å²) < 4.78 is 9.74. The van der Waals surface area contributed by atoms with Crippen molar-refractivity contribution in [3.05, 3.63) is 35.4 Å². The Morgan fingerprint density at radius 1 is 1.00 bits per heavy atom. The maximum atomic E-state index is 11.9. The van der Waals surface area contributed by atoms with Crippen LogP contribution >= 0.6 is 0 Å². The number of carbonyl (C=O) groups excluding carboxylic acids is 3. The number of primary amides is 1. The average Bonchev–Trinajstić information content (AvgIpc) is 2.40. The molecular formula is C14H17NO5. The van der Waals surface area contributed by atoms with Crippen LogP contribution in [0.5, 0.6) is 0 Å². The van der Waals surface area contributed by atoms with Crippen molar-refractivity contribution in [3.8, 4) is 0 Å². The highest BCUT2D eigenvalue weighted by molar-refractivity contribution is 6.01.